The number of hydrogen-bond donors (Lipinski definition) is 2. The Bertz CT molecular complexity index is 2660. The first-order valence-corrected chi connectivity index (χ1v) is 16.1. The van der Waals surface area contributed by atoms with Crippen LogP contribution in [-0.4, -0.2) is 12.1 Å². The van der Waals surface area contributed by atoms with E-state index >= 15 is 0 Å². The third kappa shape index (κ3) is 4.27. The number of furan rings is 2. The van der Waals surface area contributed by atoms with E-state index in [1.165, 1.54) is 16.5 Å². The molecule has 6 aromatic carbocycles. The number of nitrogens with one attached hydrogen (secondary N) is 2. The number of rotatable bonds is 3. The minimum Gasteiger partial charge on any atom is -0.458 e. The second-order valence-corrected chi connectivity index (χ2v) is 12.3. The van der Waals surface area contributed by atoms with Gasteiger partial charge in [-0.2, -0.15) is 0 Å². The average molecular weight is 621 g/mol. The van der Waals surface area contributed by atoms with Gasteiger partial charge >= 0.3 is 0 Å². The summed E-state index contributed by atoms with van der Waals surface area (Å²) in [6.07, 6.45) is 1.58. The van der Waals surface area contributed by atoms with Crippen LogP contribution in [0.1, 0.15) is 28.6 Å². The predicted molar refractivity (Wildman–Crippen MR) is 194 cm³/mol. The fourth-order valence-corrected chi connectivity index (χ4v) is 7.12. The third-order valence-corrected chi connectivity index (χ3v) is 9.39. The summed E-state index contributed by atoms with van der Waals surface area (Å²) in [5, 5.41) is 12.9. The highest BCUT2D eigenvalue weighted by Gasteiger charge is 2.28. The molecule has 0 bridgehead atoms. The summed E-state index contributed by atoms with van der Waals surface area (Å²) in [5.41, 5.74) is 8.95. The Kier molecular flexibility index (Phi) is 5.90. The minimum absolute atomic E-state index is 0.368. The zero-order chi connectivity index (χ0) is 31.6. The Morgan fingerprint density at radius 3 is 2.27 bits per heavy atom. The lowest BCUT2D eigenvalue weighted by Gasteiger charge is -2.29. The zero-order valence-corrected chi connectivity index (χ0v) is 25.8. The standard InChI is InChI=1S/C42H28N4O2/c1-2-9-25(10-3-1)26-17-18-28-22-29(20-19-27(28)21-26)40-44-41(32-13-8-16-36-38(32)30-11-4-6-14-34(30)47-36)46-42(45-40)33-23-43-24-37-39(33)31-12-5-7-15-35(31)48-37/h1-23,40,45H,24H2,(H,44,46). The van der Waals surface area contributed by atoms with Crippen LogP contribution in [-0.2, 0) is 6.54 Å². The first kappa shape index (κ1) is 26.8. The molecule has 10 rings (SSSR count). The number of nitrogens with zero attached hydrogens (tertiary/aromatic N) is 2. The fraction of sp³-hybridized carbons (Fsp3) is 0.0476. The van der Waals surface area contributed by atoms with Crippen LogP contribution < -0.4 is 10.6 Å². The highest BCUT2D eigenvalue weighted by Crippen LogP contribution is 2.37. The van der Waals surface area contributed by atoms with Crippen LogP contribution in [0.2, 0.25) is 0 Å². The maximum Gasteiger partial charge on any atom is 0.148 e. The Morgan fingerprint density at radius 1 is 0.625 bits per heavy atom. The first-order chi connectivity index (χ1) is 23.8. The van der Waals surface area contributed by atoms with E-state index in [1.54, 1.807) is 0 Å². The number of fused-ring (bicyclic) bond motifs is 7. The van der Waals surface area contributed by atoms with E-state index in [2.05, 4.69) is 89.5 Å². The monoisotopic (exact) mass is 620 g/mol. The van der Waals surface area contributed by atoms with Crippen LogP contribution in [0.15, 0.2) is 158 Å². The van der Waals surface area contributed by atoms with Gasteiger partial charge in [0, 0.05) is 39.1 Å². The molecule has 0 radical (unpaired) electrons. The van der Waals surface area contributed by atoms with Gasteiger partial charge in [0.15, 0.2) is 0 Å². The molecule has 0 aliphatic carbocycles. The van der Waals surface area contributed by atoms with Crippen molar-refractivity contribution >= 4 is 61.3 Å². The summed E-state index contributed by atoms with van der Waals surface area (Å²) >= 11 is 0. The molecule has 6 nitrogen and oxygen atoms in total. The Balaban J connectivity index is 1.15. The number of aliphatic imine (C=N–C) groups is 2. The summed E-state index contributed by atoms with van der Waals surface area (Å²) in [4.78, 5) is 10.0. The zero-order valence-electron chi connectivity index (χ0n) is 25.8. The maximum absolute atomic E-state index is 6.27. The molecule has 2 aromatic heterocycles. The van der Waals surface area contributed by atoms with Crippen LogP contribution >= 0.6 is 0 Å². The molecular weight excluding hydrogens is 592 g/mol. The van der Waals surface area contributed by atoms with E-state index in [-0.39, 0.29) is 6.17 Å². The topological polar surface area (TPSA) is 75.1 Å². The van der Waals surface area contributed by atoms with Gasteiger partial charge in [-0.3, -0.25) is 4.99 Å². The van der Waals surface area contributed by atoms with Gasteiger partial charge in [-0.05, 0) is 57.8 Å². The predicted octanol–water partition coefficient (Wildman–Crippen LogP) is 9.74. The SMILES string of the molecule is C1=NCc2oc3ccccc3c2C1=C1NC(c2cccc3oc4ccccc4c23)=NC(c2ccc3cc(-c4ccccc4)ccc3c2)N1. The van der Waals surface area contributed by atoms with Gasteiger partial charge in [-0.15, -0.1) is 0 Å². The molecule has 0 saturated heterocycles. The van der Waals surface area contributed by atoms with E-state index in [4.69, 9.17) is 18.8 Å². The van der Waals surface area contributed by atoms with Crippen molar-refractivity contribution in [3.8, 4) is 11.1 Å². The molecule has 0 fully saturated rings. The highest BCUT2D eigenvalue weighted by molar-refractivity contribution is 6.21. The fourth-order valence-electron chi connectivity index (χ4n) is 7.12. The third-order valence-electron chi connectivity index (χ3n) is 9.39. The lowest BCUT2D eigenvalue weighted by Crippen LogP contribution is -2.41. The largest absolute Gasteiger partial charge is 0.458 e. The Morgan fingerprint density at radius 2 is 1.38 bits per heavy atom. The minimum atomic E-state index is -0.368. The Hall–Kier alpha value is -6.40. The summed E-state index contributed by atoms with van der Waals surface area (Å²) in [7, 11) is 0. The molecule has 8 aromatic rings. The van der Waals surface area contributed by atoms with Crippen molar-refractivity contribution in [2.75, 3.05) is 0 Å². The molecule has 2 aliphatic rings. The van der Waals surface area contributed by atoms with Gasteiger partial charge < -0.3 is 19.5 Å². The van der Waals surface area contributed by atoms with Crippen LogP contribution in [0.25, 0.3) is 60.4 Å². The Labute approximate surface area is 275 Å². The van der Waals surface area contributed by atoms with E-state index in [1.807, 2.05) is 60.8 Å². The molecule has 1 unspecified atom stereocenters. The molecule has 4 heterocycles. The van der Waals surface area contributed by atoms with Crippen molar-refractivity contribution in [1.29, 1.82) is 0 Å². The van der Waals surface area contributed by atoms with Crippen LogP contribution in [0.3, 0.4) is 0 Å². The first-order valence-electron chi connectivity index (χ1n) is 16.1. The average Bonchev–Trinajstić information content (AvgIpc) is 3.73. The molecule has 6 heteroatoms. The van der Waals surface area contributed by atoms with Crippen molar-refractivity contribution in [3.05, 3.63) is 162 Å². The molecule has 2 N–H and O–H groups in total. The van der Waals surface area contributed by atoms with Crippen molar-refractivity contribution in [2.45, 2.75) is 12.7 Å². The van der Waals surface area contributed by atoms with Gasteiger partial charge in [-0.25, -0.2) is 4.99 Å². The van der Waals surface area contributed by atoms with Crippen molar-refractivity contribution in [1.82, 2.24) is 10.6 Å². The molecule has 228 valence electrons. The molecular formula is C42H28N4O2. The summed E-state index contributed by atoms with van der Waals surface area (Å²) in [5.74, 6) is 2.44. The quantitative estimate of drug-likeness (QED) is 0.206. The van der Waals surface area contributed by atoms with Crippen molar-refractivity contribution in [2.24, 2.45) is 9.98 Å². The molecule has 0 saturated carbocycles. The van der Waals surface area contributed by atoms with E-state index < -0.39 is 0 Å². The summed E-state index contributed by atoms with van der Waals surface area (Å²) < 4.78 is 12.5. The number of allylic oxidation sites excluding steroid dienone is 1. The van der Waals surface area contributed by atoms with E-state index in [0.29, 0.717) is 6.54 Å². The maximum atomic E-state index is 6.27. The summed E-state index contributed by atoms with van der Waals surface area (Å²) in [6.45, 7) is 0.501. The lowest BCUT2D eigenvalue weighted by atomic mass is 9.98. The van der Waals surface area contributed by atoms with E-state index in [9.17, 15) is 0 Å². The van der Waals surface area contributed by atoms with Gasteiger partial charge in [0.1, 0.15) is 40.3 Å². The van der Waals surface area contributed by atoms with E-state index in [0.717, 1.165) is 78.0 Å². The van der Waals surface area contributed by atoms with Gasteiger partial charge in [0.25, 0.3) is 0 Å². The van der Waals surface area contributed by atoms with Crippen LogP contribution in [0, 0.1) is 0 Å². The smallest absolute Gasteiger partial charge is 0.148 e. The number of hydrogen-bond acceptors (Lipinski definition) is 6. The normalized spacial score (nSPS) is 17.4. The number of benzene rings is 6. The second-order valence-electron chi connectivity index (χ2n) is 12.3. The second kappa shape index (κ2) is 10.6. The highest BCUT2D eigenvalue weighted by atomic mass is 16.3. The molecule has 2 aliphatic heterocycles. The van der Waals surface area contributed by atoms with Crippen LogP contribution in [0.5, 0.6) is 0 Å². The lowest BCUT2D eigenvalue weighted by molar-refractivity contribution is 0.549. The van der Waals surface area contributed by atoms with Crippen molar-refractivity contribution < 1.29 is 8.83 Å². The van der Waals surface area contributed by atoms with Gasteiger partial charge in [0.2, 0.25) is 0 Å². The number of para-hydroxylation sites is 2. The van der Waals surface area contributed by atoms with Crippen LogP contribution in [0.4, 0.5) is 0 Å². The molecule has 0 spiro atoms. The molecule has 1 atom stereocenters. The molecule has 48 heavy (non-hydrogen) atoms. The molecule has 0 amide bonds. The van der Waals surface area contributed by atoms with Gasteiger partial charge in [0.05, 0.1) is 6.54 Å². The summed E-state index contributed by atoms with van der Waals surface area (Å²) in [6, 6.07) is 46.2. The van der Waals surface area contributed by atoms with Gasteiger partial charge in [-0.1, -0.05) is 103 Å². The number of amidine groups is 1. The van der Waals surface area contributed by atoms with Crippen molar-refractivity contribution in [3.63, 3.8) is 0 Å².